The maximum Gasteiger partial charge on any atom is 0.320 e. The summed E-state index contributed by atoms with van der Waals surface area (Å²) in [5, 5.41) is 9.39. The van der Waals surface area contributed by atoms with E-state index in [2.05, 4.69) is 0 Å². The summed E-state index contributed by atoms with van der Waals surface area (Å²) in [6.07, 6.45) is 2.22. The first-order chi connectivity index (χ1) is 12.4. The lowest BCUT2D eigenvalue weighted by Crippen LogP contribution is -2.50. The SMILES string of the molecule is COc1ccccc1N(CCC(N)=O)C(=O)CN1CCCCC1C(=O)O. The van der Waals surface area contributed by atoms with E-state index in [0.717, 1.165) is 12.8 Å². The summed E-state index contributed by atoms with van der Waals surface area (Å²) in [5.41, 5.74) is 5.77. The van der Waals surface area contributed by atoms with Gasteiger partial charge in [0, 0.05) is 13.0 Å². The number of rotatable bonds is 8. The molecule has 0 aromatic heterocycles. The van der Waals surface area contributed by atoms with Gasteiger partial charge < -0.3 is 20.5 Å². The predicted molar refractivity (Wildman–Crippen MR) is 96.0 cm³/mol. The third-order valence-corrected chi connectivity index (χ3v) is 4.50. The number of methoxy groups -OCH3 is 1. The Morgan fingerprint density at radius 1 is 1.31 bits per heavy atom. The van der Waals surface area contributed by atoms with Gasteiger partial charge in [0.25, 0.3) is 0 Å². The highest BCUT2D eigenvalue weighted by Crippen LogP contribution is 2.28. The van der Waals surface area contributed by atoms with E-state index in [-0.39, 0.29) is 25.4 Å². The van der Waals surface area contributed by atoms with Gasteiger partial charge in [-0.25, -0.2) is 0 Å². The van der Waals surface area contributed by atoms with Gasteiger partial charge in [0.2, 0.25) is 11.8 Å². The first kappa shape index (κ1) is 19.7. The largest absolute Gasteiger partial charge is 0.495 e. The molecule has 0 spiro atoms. The summed E-state index contributed by atoms with van der Waals surface area (Å²) in [6, 6.07) is 6.33. The second-order valence-corrected chi connectivity index (χ2v) is 6.25. The number of carbonyl (C=O) groups excluding carboxylic acids is 2. The van der Waals surface area contributed by atoms with Crippen molar-refractivity contribution in [2.45, 2.75) is 31.7 Å². The van der Waals surface area contributed by atoms with Crippen molar-refractivity contribution in [2.75, 3.05) is 31.6 Å². The molecule has 142 valence electrons. The van der Waals surface area contributed by atoms with E-state index in [1.165, 1.54) is 12.0 Å². The van der Waals surface area contributed by atoms with Crippen LogP contribution in [0.2, 0.25) is 0 Å². The second kappa shape index (κ2) is 9.19. The van der Waals surface area contributed by atoms with E-state index < -0.39 is 17.9 Å². The van der Waals surface area contributed by atoms with Gasteiger partial charge in [-0.15, -0.1) is 0 Å². The number of piperidine rings is 1. The van der Waals surface area contributed by atoms with E-state index in [9.17, 15) is 19.5 Å². The Balaban J connectivity index is 2.22. The lowest BCUT2D eigenvalue weighted by molar-refractivity contribution is -0.145. The number of hydrogen-bond acceptors (Lipinski definition) is 5. The van der Waals surface area contributed by atoms with Crippen molar-refractivity contribution in [1.82, 2.24) is 4.90 Å². The number of nitrogens with zero attached hydrogens (tertiary/aromatic N) is 2. The summed E-state index contributed by atoms with van der Waals surface area (Å²) in [7, 11) is 1.50. The number of nitrogens with two attached hydrogens (primary N) is 1. The lowest BCUT2D eigenvalue weighted by Gasteiger charge is -2.34. The van der Waals surface area contributed by atoms with Crippen LogP contribution in [0.3, 0.4) is 0 Å². The zero-order valence-corrected chi connectivity index (χ0v) is 14.9. The first-order valence-electron chi connectivity index (χ1n) is 8.62. The lowest BCUT2D eigenvalue weighted by atomic mass is 10.0. The third kappa shape index (κ3) is 4.95. The molecule has 1 aliphatic rings. The van der Waals surface area contributed by atoms with Crippen LogP contribution < -0.4 is 15.4 Å². The smallest absolute Gasteiger partial charge is 0.320 e. The molecular formula is C18H25N3O5. The molecule has 1 aromatic carbocycles. The zero-order valence-electron chi connectivity index (χ0n) is 14.9. The van der Waals surface area contributed by atoms with Crippen molar-refractivity contribution in [3.63, 3.8) is 0 Å². The summed E-state index contributed by atoms with van der Waals surface area (Å²) in [4.78, 5) is 38.7. The summed E-state index contributed by atoms with van der Waals surface area (Å²) < 4.78 is 5.31. The fourth-order valence-corrected chi connectivity index (χ4v) is 3.17. The van der Waals surface area contributed by atoms with Crippen LogP contribution in [0, 0.1) is 0 Å². The van der Waals surface area contributed by atoms with Crippen molar-refractivity contribution in [3.05, 3.63) is 24.3 Å². The van der Waals surface area contributed by atoms with Gasteiger partial charge in [-0.3, -0.25) is 19.3 Å². The number of amides is 2. The number of aliphatic carboxylic acids is 1. The Bertz CT molecular complexity index is 664. The molecule has 1 fully saturated rings. The molecule has 0 bridgehead atoms. The minimum absolute atomic E-state index is 0.00610. The van der Waals surface area contributed by atoms with Crippen molar-refractivity contribution >= 4 is 23.5 Å². The van der Waals surface area contributed by atoms with Crippen molar-refractivity contribution in [1.29, 1.82) is 0 Å². The molecular weight excluding hydrogens is 338 g/mol. The molecule has 2 amide bonds. The monoisotopic (exact) mass is 363 g/mol. The van der Waals surface area contributed by atoms with Crippen LogP contribution in [-0.2, 0) is 14.4 Å². The minimum Gasteiger partial charge on any atom is -0.495 e. The maximum absolute atomic E-state index is 12.9. The van der Waals surface area contributed by atoms with Crippen LogP contribution in [0.5, 0.6) is 5.75 Å². The summed E-state index contributed by atoms with van der Waals surface area (Å²) in [6.45, 7) is 0.631. The quantitative estimate of drug-likeness (QED) is 0.708. The third-order valence-electron chi connectivity index (χ3n) is 4.50. The summed E-state index contributed by atoms with van der Waals surface area (Å²) >= 11 is 0. The van der Waals surface area contributed by atoms with Crippen LogP contribution >= 0.6 is 0 Å². The Morgan fingerprint density at radius 3 is 2.69 bits per heavy atom. The van der Waals surface area contributed by atoms with Gasteiger partial charge in [0.05, 0.1) is 19.3 Å². The number of hydrogen-bond donors (Lipinski definition) is 2. The molecule has 1 heterocycles. The number of ether oxygens (including phenoxy) is 1. The van der Waals surface area contributed by atoms with Gasteiger partial charge in [-0.2, -0.15) is 0 Å². The van der Waals surface area contributed by atoms with E-state index >= 15 is 0 Å². The fraction of sp³-hybridized carbons (Fsp3) is 0.500. The normalized spacial score (nSPS) is 17.5. The zero-order chi connectivity index (χ0) is 19.1. The van der Waals surface area contributed by atoms with Crippen LogP contribution in [-0.4, -0.2) is 60.6 Å². The Kier molecular flexibility index (Phi) is 6.97. The van der Waals surface area contributed by atoms with E-state index in [1.807, 2.05) is 0 Å². The molecule has 1 saturated heterocycles. The number of likely N-dealkylation sites (tertiary alicyclic amines) is 1. The highest BCUT2D eigenvalue weighted by Gasteiger charge is 2.31. The van der Waals surface area contributed by atoms with Crippen LogP contribution in [0.25, 0.3) is 0 Å². The topological polar surface area (TPSA) is 113 Å². The highest BCUT2D eigenvalue weighted by molar-refractivity contribution is 5.97. The van der Waals surface area contributed by atoms with Gasteiger partial charge >= 0.3 is 5.97 Å². The number of carboxylic acid groups (broad SMARTS) is 1. The van der Waals surface area contributed by atoms with Gasteiger partial charge in [-0.1, -0.05) is 18.6 Å². The van der Waals surface area contributed by atoms with E-state index in [0.29, 0.717) is 24.4 Å². The number of benzene rings is 1. The van der Waals surface area contributed by atoms with E-state index in [1.54, 1.807) is 29.2 Å². The average Bonchev–Trinajstić information content (AvgIpc) is 2.62. The van der Waals surface area contributed by atoms with Crippen LogP contribution in [0.4, 0.5) is 5.69 Å². The molecule has 8 nitrogen and oxygen atoms in total. The molecule has 26 heavy (non-hydrogen) atoms. The fourth-order valence-electron chi connectivity index (χ4n) is 3.17. The van der Waals surface area contributed by atoms with Crippen molar-refractivity contribution in [2.24, 2.45) is 5.73 Å². The molecule has 1 atom stereocenters. The van der Waals surface area contributed by atoms with Crippen molar-refractivity contribution in [3.8, 4) is 5.75 Å². The molecule has 2 rings (SSSR count). The average molecular weight is 363 g/mol. The number of anilines is 1. The predicted octanol–water partition coefficient (Wildman–Crippen LogP) is 0.843. The standard InChI is InChI=1S/C18H25N3O5/c1-26-15-8-3-2-6-13(15)21(11-9-16(19)22)17(23)12-20-10-5-4-7-14(20)18(24)25/h2-3,6,8,14H,4-5,7,9-12H2,1H3,(H2,19,22)(H,24,25). The number of para-hydroxylation sites is 2. The number of primary amides is 1. The van der Waals surface area contributed by atoms with Crippen LogP contribution in [0.1, 0.15) is 25.7 Å². The van der Waals surface area contributed by atoms with Crippen molar-refractivity contribution < 1.29 is 24.2 Å². The highest BCUT2D eigenvalue weighted by atomic mass is 16.5. The van der Waals surface area contributed by atoms with Gasteiger partial charge in [0.1, 0.15) is 11.8 Å². The second-order valence-electron chi connectivity index (χ2n) is 6.25. The Labute approximate surface area is 152 Å². The maximum atomic E-state index is 12.9. The molecule has 0 aliphatic carbocycles. The summed E-state index contributed by atoms with van der Waals surface area (Å²) in [5.74, 6) is -1.22. The molecule has 0 saturated carbocycles. The Hall–Kier alpha value is -2.61. The molecule has 1 unspecified atom stereocenters. The van der Waals surface area contributed by atoms with E-state index in [4.69, 9.17) is 10.5 Å². The number of carbonyl (C=O) groups is 3. The molecule has 1 aliphatic heterocycles. The van der Waals surface area contributed by atoms with Gasteiger partial charge in [-0.05, 0) is 31.5 Å². The molecule has 1 aromatic rings. The first-order valence-corrected chi connectivity index (χ1v) is 8.62. The molecule has 8 heteroatoms. The minimum atomic E-state index is -0.918. The molecule has 3 N–H and O–H groups in total. The molecule has 0 radical (unpaired) electrons. The van der Waals surface area contributed by atoms with Crippen LogP contribution in [0.15, 0.2) is 24.3 Å². The number of carboxylic acids is 1. The Morgan fingerprint density at radius 2 is 2.04 bits per heavy atom. The van der Waals surface area contributed by atoms with Gasteiger partial charge in [0.15, 0.2) is 0 Å².